The van der Waals surface area contributed by atoms with Crippen molar-refractivity contribution in [1.29, 1.82) is 0 Å². The van der Waals surface area contributed by atoms with Crippen LogP contribution < -0.4 is 16.0 Å². The molecule has 1 atom stereocenters. The van der Waals surface area contributed by atoms with E-state index in [0.717, 1.165) is 13.0 Å². The van der Waals surface area contributed by atoms with Crippen LogP contribution >= 0.6 is 23.7 Å². The van der Waals surface area contributed by atoms with Crippen LogP contribution in [-0.4, -0.2) is 38.0 Å². The van der Waals surface area contributed by atoms with Crippen LogP contribution in [0.4, 0.5) is 0 Å². The van der Waals surface area contributed by atoms with E-state index in [1.807, 2.05) is 32.3 Å². The molecule has 1 rings (SSSR count). The second kappa shape index (κ2) is 10.6. The Labute approximate surface area is 136 Å². The smallest absolute Gasteiger partial charge is 0.262 e. The quantitative estimate of drug-likeness (QED) is 0.633. The SMILES string of the molecule is CNCCCNC(=O)C(NC(=O)c1cccs1)C(C)C.Cl. The Bertz CT molecular complexity index is 424. The Morgan fingerprint density at radius 3 is 2.52 bits per heavy atom. The second-order valence-corrected chi connectivity index (χ2v) is 5.87. The number of hydrogen-bond acceptors (Lipinski definition) is 4. The summed E-state index contributed by atoms with van der Waals surface area (Å²) in [5.41, 5.74) is 0. The second-order valence-electron chi connectivity index (χ2n) is 4.92. The van der Waals surface area contributed by atoms with Crippen LogP contribution in [-0.2, 0) is 4.79 Å². The van der Waals surface area contributed by atoms with E-state index >= 15 is 0 Å². The molecule has 0 aliphatic carbocycles. The maximum atomic E-state index is 12.1. The highest BCUT2D eigenvalue weighted by molar-refractivity contribution is 7.12. The van der Waals surface area contributed by atoms with Gasteiger partial charge in [-0.05, 0) is 37.4 Å². The minimum absolute atomic E-state index is 0. The van der Waals surface area contributed by atoms with Crippen molar-refractivity contribution in [1.82, 2.24) is 16.0 Å². The van der Waals surface area contributed by atoms with Gasteiger partial charge in [-0.1, -0.05) is 19.9 Å². The van der Waals surface area contributed by atoms with Crippen LogP contribution in [0.15, 0.2) is 17.5 Å². The van der Waals surface area contributed by atoms with Gasteiger partial charge in [0, 0.05) is 6.54 Å². The number of nitrogens with one attached hydrogen (secondary N) is 3. The van der Waals surface area contributed by atoms with Crippen LogP contribution in [0.25, 0.3) is 0 Å². The van der Waals surface area contributed by atoms with Gasteiger partial charge in [-0.3, -0.25) is 9.59 Å². The molecule has 0 aliphatic heterocycles. The standard InChI is InChI=1S/C14H23N3O2S.ClH/c1-10(2)12(14(19)16-8-5-7-15-3)17-13(18)11-6-4-9-20-11;/h4,6,9-10,12,15H,5,7-8H2,1-3H3,(H,16,19)(H,17,18);1H. The molecule has 1 aromatic rings. The third-order valence-corrected chi connectivity index (χ3v) is 3.75. The van der Waals surface area contributed by atoms with Gasteiger partial charge in [-0.15, -0.1) is 23.7 Å². The van der Waals surface area contributed by atoms with E-state index in [1.165, 1.54) is 11.3 Å². The zero-order valence-electron chi connectivity index (χ0n) is 12.6. The lowest BCUT2D eigenvalue weighted by atomic mass is 10.0. The highest BCUT2D eigenvalue weighted by Crippen LogP contribution is 2.10. The molecule has 7 heteroatoms. The van der Waals surface area contributed by atoms with Gasteiger partial charge in [-0.2, -0.15) is 0 Å². The normalized spacial score (nSPS) is 11.6. The van der Waals surface area contributed by atoms with Crippen molar-refractivity contribution in [3.8, 4) is 0 Å². The molecule has 2 amide bonds. The van der Waals surface area contributed by atoms with Crippen LogP contribution in [0.5, 0.6) is 0 Å². The van der Waals surface area contributed by atoms with Crippen LogP contribution in [0.1, 0.15) is 29.9 Å². The summed E-state index contributed by atoms with van der Waals surface area (Å²) < 4.78 is 0. The molecule has 3 N–H and O–H groups in total. The molecule has 0 saturated carbocycles. The molecule has 0 fully saturated rings. The highest BCUT2D eigenvalue weighted by atomic mass is 35.5. The van der Waals surface area contributed by atoms with Crippen LogP contribution in [0.3, 0.4) is 0 Å². The Morgan fingerprint density at radius 1 is 1.29 bits per heavy atom. The van der Waals surface area contributed by atoms with E-state index in [1.54, 1.807) is 6.07 Å². The molecule has 5 nitrogen and oxygen atoms in total. The summed E-state index contributed by atoms with van der Waals surface area (Å²) in [7, 11) is 1.87. The first-order valence-electron chi connectivity index (χ1n) is 6.83. The van der Waals surface area contributed by atoms with Gasteiger partial charge in [0.05, 0.1) is 4.88 Å². The molecular formula is C14H24ClN3O2S. The molecule has 21 heavy (non-hydrogen) atoms. The van der Waals surface area contributed by atoms with E-state index in [0.29, 0.717) is 11.4 Å². The van der Waals surface area contributed by atoms with Gasteiger partial charge >= 0.3 is 0 Å². The van der Waals surface area contributed by atoms with Gasteiger partial charge in [0.25, 0.3) is 5.91 Å². The van der Waals surface area contributed by atoms with Gasteiger partial charge in [-0.25, -0.2) is 0 Å². The molecule has 120 valence electrons. The lowest BCUT2D eigenvalue weighted by molar-refractivity contribution is -0.123. The Hall–Kier alpha value is -1.11. The largest absolute Gasteiger partial charge is 0.354 e. The van der Waals surface area contributed by atoms with Gasteiger partial charge < -0.3 is 16.0 Å². The molecule has 1 unspecified atom stereocenters. The molecule has 0 aliphatic rings. The highest BCUT2D eigenvalue weighted by Gasteiger charge is 2.24. The summed E-state index contributed by atoms with van der Waals surface area (Å²) in [6.45, 7) is 5.31. The molecule has 0 aromatic carbocycles. The number of hydrogen-bond donors (Lipinski definition) is 3. The van der Waals surface area contributed by atoms with Gasteiger partial charge in [0.1, 0.15) is 6.04 Å². The fourth-order valence-electron chi connectivity index (χ4n) is 1.74. The maximum Gasteiger partial charge on any atom is 0.262 e. The fraction of sp³-hybridized carbons (Fsp3) is 0.571. The number of carbonyl (C=O) groups excluding carboxylic acids is 2. The first kappa shape index (κ1) is 19.9. The minimum atomic E-state index is -0.501. The van der Waals surface area contributed by atoms with Crippen molar-refractivity contribution in [2.24, 2.45) is 5.92 Å². The third-order valence-electron chi connectivity index (χ3n) is 2.88. The zero-order chi connectivity index (χ0) is 15.0. The van der Waals surface area contributed by atoms with Crippen molar-refractivity contribution >= 4 is 35.6 Å². The number of halogens is 1. The van der Waals surface area contributed by atoms with Crippen molar-refractivity contribution in [3.63, 3.8) is 0 Å². The van der Waals surface area contributed by atoms with E-state index in [-0.39, 0.29) is 30.1 Å². The van der Waals surface area contributed by atoms with E-state index in [2.05, 4.69) is 16.0 Å². The van der Waals surface area contributed by atoms with Crippen molar-refractivity contribution in [3.05, 3.63) is 22.4 Å². The molecular weight excluding hydrogens is 310 g/mol. The average Bonchev–Trinajstić information content (AvgIpc) is 2.94. The van der Waals surface area contributed by atoms with E-state index in [4.69, 9.17) is 0 Å². The lowest BCUT2D eigenvalue weighted by Gasteiger charge is -2.21. The topological polar surface area (TPSA) is 70.2 Å². The summed E-state index contributed by atoms with van der Waals surface area (Å²) in [5, 5.41) is 10.5. The third kappa shape index (κ3) is 6.93. The van der Waals surface area contributed by atoms with Crippen LogP contribution in [0.2, 0.25) is 0 Å². The van der Waals surface area contributed by atoms with E-state index in [9.17, 15) is 9.59 Å². The number of amides is 2. The first-order valence-corrected chi connectivity index (χ1v) is 7.71. The minimum Gasteiger partial charge on any atom is -0.354 e. The molecule has 1 heterocycles. The molecule has 0 bridgehead atoms. The summed E-state index contributed by atoms with van der Waals surface area (Å²) in [5.74, 6) is -0.270. The first-order chi connectivity index (χ1) is 9.56. The Morgan fingerprint density at radius 2 is 2.00 bits per heavy atom. The summed E-state index contributed by atoms with van der Waals surface area (Å²) in [4.78, 5) is 24.7. The van der Waals surface area contributed by atoms with Crippen molar-refractivity contribution < 1.29 is 9.59 Å². The fourth-order valence-corrected chi connectivity index (χ4v) is 2.37. The summed E-state index contributed by atoms with van der Waals surface area (Å²) in [6, 6.07) is 3.07. The van der Waals surface area contributed by atoms with Gasteiger partial charge in [0.15, 0.2) is 0 Å². The van der Waals surface area contributed by atoms with Crippen molar-refractivity contribution in [2.45, 2.75) is 26.3 Å². The summed E-state index contributed by atoms with van der Waals surface area (Å²) in [6.07, 6.45) is 0.867. The maximum absolute atomic E-state index is 12.1. The van der Waals surface area contributed by atoms with Crippen molar-refractivity contribution in [2.75, 3.05) is 20.1 Å². The zero-order valence-corrected chi connectivity index (χ0v) is 14.3. The molecule has 0 saturated heterocycles. The number of thiophene rings is 1. The molecule has 0 spiro atoms. The number of rotatable bonds is 8. The number of carbonyl (C=O) groups is 2. The van der Waals surface area contributed by atoms with Gasteiger partial charge in [0.2, 0.25) is 5.91 Å². The van der Waals surface area contributed by atoms with Crippen LogP contribution in [0, 0.1) is 5.92 Å². The average molecular weight is 334 g/mol. The lowest BCUT2D eigenvalue weighted by Crippen LogP contribution is -2.49. The Balaban J connectivity index is 0.00000400. The molecule has 0 radical (unpaired) electrons. The predicted octanol–water partition coefficient (Wildman–Crippen LogP) is 1.65. The Kier molecular flexibility index (Phi) is 10.0. The summed E-state index contributed by atoms with van der Waals surface area (Å²) >= 11 is 1.37. The predicted molar refractivity (Wildman–Crippen MR) is 89.2 cm³/mol. The van der Waals surface area contributed by atoms with E-state index < -0.39 is 6.04 Å². The monoisotopic (exact) mass is 333 g/mol. The molecule has 1 aromatic heterocycles.